The predicted octanol–water partition coefficient (Wildman–Crippen LogP) is 5.46. The van der Waals surface area contributed by atoms with E-state index < -0.39 is 5.91 Å². The van der Waals surface area contributed by atoms with Crippen molar-refractivity contribution in [2.75, 3.05) is 0 Å². The van der Waals surface area contributed by atoms with Gasteiger partial charge in [0.25, 0.3) is 5.91 Å². The maximum Gasteiger partial charge on any atom is 0.283 e. The van der Waals surface area contributed by atoms with Crippen LogP contribution in [0, 0.1) is 19.3 Å². The molecule has 2 aromatic heterocycles. The van der Waals surface area contributed by atoms with Crippen molar-refractivity contribution in [3.05, 3.63) is 86.9 Å². The molecule has 0 radical (unpaired) electrons. The van der Waals surface area contributed by atoms with Gasteiger partial charge in [0.15, 0.2) is 5.84 Å². The molecule has 0 saturated heterocycles. The van der Waals surface area contributed by atoms with Gasteiger partial charge in [0.1, 0.15) is 5.04 Å². The third-order valence-electron chi connectivity index (χ3n) is 5.28. The number of amidine groups is 2. The fourth-order valence-electron chi connectivity index (χ4n) is 3.72. The maximum atomic E-state index is 12.8. The lowest BCUT2D eigenvalue weighted by Crippen LogP contribution is -2.35. The average Bonchev–Trinajstić information content (AvgIpc) is 3.34. The molecule has 3 aromatic rings. The van der Waals surface area contributed by atoms with Crippen LogP contribution in [0.2, 0.25) is 10.0 Å². The fraction of sp³-hybridized carbons (Fsp3) is 0.0870. The third-order valence-corrected chi connectivity index (χ3v) is 6.79. The van der Waals surface area contributed by atoms with Gasteiger partial charge in [-0.1, -0.05) is 23.2 Å². The zero-order chi connectivity index (χ0) is 23.3. The predicted molar refractivity (Wildman–Crippen MR) is 134 cm³/mol. The Kier molecular flexibility index (Phi) is 5.44. The number of aryl methyl sites for hydroxylation is 1. The van der Waals surface area contributed by atoms with E-state index in [-0.39, 0.29) is 11.4 Å². The lowest BCUT2D eigenvalue weighted by molar-refractivity contribution is -0.114. The van der Waals surface area contributed by atoms with E-state index in [9.17, 15) is 4.79 Å². The number of hydrazone groups is 1. The highest BCUT2D eigenvalue weighted by Crippen LogP contribution is 2.33. The van der Waals surface area contributed by atoms with Crippen LogP contribution in [0.15, 0.2) is 64.5 Å². The second-order valence-corrected chi connectivity index (χ2v) is 9.22. The van der Waals surface area contributed by atoms with Gasteiger partial charge in [0.2, 0.25) is 5.17 Å². The highest BCUT2D eigenvalue weighted by atomic mass is 35.5. The van der Waals surface area contributed by atoms with E-state index in [1.54, 1.807) is 42.7 Å². The highest BCUT2D eigenvalue weighted by Gasteiger charge is 2.36. The second kappa shape index (κ2) is 8.30. The van der Waals surface area contributed by atoms with Crippen LogP contribution >= 0.6 is 35.0 Å². The van der Waals surface area contributed by atoms with Gasteiger partial charge in [0.05, 0.1) is 16.3 Å². The van der Waals surface area contributed by atoms with Crippen molar-refractivity contribution in [3.63, 3.8) is 0 Å². The van der Waals surface area contributed by atoms with E-state index in [4.69, 9.17) is 28.6 Å². The van der Waals surface area contributed by atoms with Gasteiger partial charge in [-0.2, -0.15) is 15.1 Å². The molecule has 1 aromatic carbocycles. The van der Waals surface area contributed by atoms with Crippen molar-refractivity contribution in [1.29, 1.82) is 5.41 Å². The third kappa shape index (κ3) is 3.80. The molecule has 7 nitrogen and oxygen atoms in total. The lowest BCUT2D eigenvalue weighted by Gasteiger charge is -2.20. The first-order chi connectivity index (χ1) is 15.8. The van der Waals surface area contributed by atoms with Gasteiger partial charge in [0, 0.05) is 34.4 Å². The number of halogens is 2. The summed E-state index contributed by atoms with van der Waals surface area (Å²) in [5, 5.41) is 16.6. The van der Waals surface area contributed by atoms with Crippen molar-refractivity contribution in [2.24, 2.45) is 10.1 Å². The number of amides is 1. The van der Waals surface area contributed by atoms with Crippen LogP contribution in [0.4, 0.5) is 0 Å². The highest BCUT2D eigenvalue weighted by molar-refractivity contribution is 8.27. The molecule has 5 rings (SSSR count). The standard InChI is InChI=1S/C23H16Cl2N6OS/c1-12-8-15(13(2)30(12)19-10-16(24)5-6-18(19)25)9-17-20(26)31-23(28-21(17)32)33-22(29-31)14-4-3-7-27-11-14/h3-11,26H,1-2H3. The Morgan fingerprint density at radius 1 is 1.15 bits per heavy atom. The molecule has 0 unspecified atom stereocenters. The number of fused-ring (bicyclic) bond motifs is 1. The van der Waals surface area contributed by atoms with Crippen molar-refractivity contribution in [3.8, 4) is 5.69 Å². The summed E-state index contributed by atoms with van der Waals surface area (Å²) in [6.07, 6.45) is 5.03. The number of rotatable bonds is 3. The quantitative estimate of drug-likeness (QED) is 0.489. The van der Waals surface area contributed by atoms with Crippen molar-refractivity contribution in [2.45, 2.75) is 13.8 Å². The van der Waals surface area contributed by atoms with E-state index in [0.29, 0.717) is 20.3 Å². The molecule has 10 heteroatoms. The summed E-state index contributed by atoms with van der Waals surface area (Å²) in [5.41, 5.74) is 4.25. The number of hydrogen-bond donors (Lipinski definition) is 1. The Morgan fingerprint density at radius 3 is 2.73 bits per heavy atom. The Balaban J connectivity index is 1.54. The van der Waals surface area contributed by atoms with E-state index in [1.807, 2.05) is 30.5 Å². The minimum Gasteiger partial charge on any atom is -0.316 e. The molecule has 0 fully saturated rings. The molecule has 0 spiro atoms. The van der Waals surface area contributed by atoms with E-state index in [1.165, 1.54) is 16.8 Å². The normalized spacial score (nSPS) is 16.8. The maximum absolute atomic E-state index is 12.8. The first-order valence-corrected chi connectivity index (χ1v) is 11.5. The zero-order valence-electron chi connectivity index (χ0n) is 17.5. The van der Waals surface area contributed by atoms with Crippen LogP contribution in [0.3, 0.4) is 0 Å². The number of thioether (sulfide) groups is 1. The Hall–Kier alpha value is -3.20. The van der Waals surface area contributed by atoms with E-state index in [0.717, 1.165) is 28.2 Å². The number of hydrogen-bond acceptors (Lipinski definition) is 5. The smallest absolute Gasteiger partial charge is 0.283 e. The monoisotopic (exact) mass is 494 g/mol. The molecular weight excluding hydrogens is 479 g/mol. The molecule has 4 heterocycles. The Morgan fingerprint density at radius 2 is 1.97 bits per heavy atom. The molecule has 33 heavy (non-hydrogen) atoms. The SMILES string of the molecule is Cc1cc(C=C2C(=N)N3N=C(c4cccnc4)SC3=NC2=O)c(C)n1-c1cc(Cl)ccc1Cl. The Bertz CT molecular complexity index is 1420. The molecule has 0 atom stereocenters. The van der Waals surface area contributed by atoms with E-state index in [2.05, 4.69) is 15.1 Å². The topological polar surface area (TPSA) is 86.7 Å². The number of aliphatic imine (C=N–C) groups is 1. The van der Waals surface area contributed by atoms with Gasteiger partial charge >= 0.3 is 0 Å². The van der Waals surface area contributed by atoms with Crippen molar-refractivity contribution >= 4 is 63.0 Å². The van der Waals surface area contributed by atoms with Gasteiger partial charge in [-0.15, -0.1) is 0 Å². The summed E-state index contributed by atoms with van der Waals surface area (Å²) in [6.45, 7) is 3.87. The number of nitrogens with one attached hydrogen (secondary N) is 1. The van der Waals surface area contributed by atoms with Crippen LogP contribution in [-0.2, 0) is 4.79 Å². The number of carbonyl (C=O) groups is 1. The number of nitrogens with zero attached hydrogens (tertiary/aromatic N) is 5. The minimum atomic E-state index is -0.480. The van der Waals surface area contributed by atoms with E-state index >= 15 is 0 Å². The molecule has 2 aliphatic heterocycles. The number of benzene rings is 1. The zero-order valence-corrected chi connectivity index (χ0v) is 19.8. The number of pyridine rings is 1. The summed E-state index contributed by atoms with van der Waals surface area (Å²) in [7, 11) is 0. The van der Waals surface area contributed by atoms with Crippen LogP contribution in [-0.4, -0.2) is 36.5 Å². The van der Waals surface area contributed by atoms with Gasteiger partial charge in [-0.05, 0) is 73.6 Å². The molecule has 0 saturated carbocycles. The fourth-order valence-corrected chi connectivity index (χ4v) is 4.96. The van der Waals surface area contributed by atoms with Crippen molar-refractivity contribution < 1.29 is 4.79 Å². The van der Waals surface area contributed by atoms with Crippen LogP contribution < -0.4 is 0 Å². The summed E-state index contributed by atoms with van der Waals surface area (Å²) in [6, 6.07) is 10.9. The van der Waals surface area contributed by atoms with Crippen molar-refractivity contribution in [1.82, 2.24) is 14.6 Å². The minimum absolute atomic E-state index is 0.0259. The molecule has 0 bridgehead atoms. The van der Waals surface area contributed by atoms with Gasteiger partial charge < -0.3 is 4.57 Å². The molecule has 2 aliphatic rings. The van der Waals surface area contributed by atoms with Gasteiger partial charge in [-0.3, -0.25) is 15.2 Å². The Labute approximate surface area is 203 Å². The molecule has 1 amide bonds. The summed E-state index contributed by atoms with van der Waals surface area (Å²) in [5.74, 6) is -0.506. The summed E-state index contributed by atoms with van der Waals surface area (Å²) >= 11 is 13.8. The number of aromatic nitrogens is 2. The lowest BCUT2D eigenvalue weighted by atomic mass is 10.1. The summed E-state index contributed by atoms with van der Waals surface area (Å²) < 4.78 is 1.97. The molecular formula is C23H16Cl2N6OS. The molecule has 1 N–H and O–H groups in total. The van der Waals surface area contributed by atoms with Crippen LogP contribution in [0.25, 0.3) is 11.8 Å². The number of carbonyl (C=O) groups excluding carboxylic acids is 1. The largest absolute Gasteiger partial charge is 0.316 e. The van der Waals surface area contributed by atoms with Crippen LogP contribution in [0.5, 0.6) is 0 Å². The molecule has 164 valence electrons. The van der Waals surface area contributed by atoms with Crippen LogP contribution in [0.1, 0.15) is 22.5 Å². The van der Waals surface area contributed by atoms with Gasteiger partial charge in [-0.25, -0.2) is 0 Å². The molecule has 0 aliphatic carbocycles. The average molecular weight is 495 g/mol. The summed E-state index contributed by atoms with van der Waals surface area (Å²) in [4.78, 5) is 21.1. The second-order valence-electron chi connectivity index (χ2n) is 7.42. The first-order valence-electron chi connectivity index (χ1n) is 9.88. The first kappa shape index (κ1) is 21.6.